The number of phenols is 1. The Labute approximate surface area is 198 Å². The third-order valence-electron chi connectivity index (χ3n) is 6.72. The van der Waals surface area contributed by atoms with Gasteiger partial charge in [0.25, 0.3) is 0 Å². The molecule has 4 N–H and O–H groups in total. The normalized spacial score (nSPS) is 15.9. The Kier molecular flexibility index (Phi) is 6.54. The van der Waals surface area contributed by atoms with Crippen molar-refractivity contribution in [3.05, 3.63) is 77.5 Å². The molecule has 7 nitrogen and oxygen atoms in total. The number of carbonyl (C=O) groups is 2. The number of amides is 1. The van der Waals surface area contributed by atoms with Crippen LogP contribution in [0.15, 0.2) is 60.7 Å². The molecule has 1 fully saturated rings. The van der Waals surface area contributed by atoms with Gasteiger partial charge in [0.15, 0.2) is 11.5 Å². The largest absolute Gasteiger partial charge is 0.504 e. The number of primary amides is 1. The Morgan fingerprint density at radius 1 is 1.03 bits per heavy atom. The second-order valence-corrected chi connectivity index (χ2v) is 8.74. The molecule has 0 saturated heterocycles. The van der Waals surface area contributed by atoms with Crippen LogP contribution in [0.3, 0.4) is 0 Å². The van der Waals surface area contributed by atoms with Crippen molar-refractivity contribution >= 4 is 11.9 Å². The number of aromatic nitrogens is 1. The van der Waals surface area contributed by atoms with Crippen LogP contribution >= 0.6 is 0 Å². The SMILES string of the molecule is COc1cc(C(C(N)=O)c2cccc(-c3cccc(C4(C(=O)O)CCCCC4)c3)n2)ccc1O. The average molecular weight is 461 g/mol. The zero-order valence-corrected chi connectivity index (χ0v) is 19.0. The first kappa shape index (κ1) is 23.3. The molecule has 1 aliphatic rings. The number of rotatable bonds is 7. The van der Waals surface area contributed by atoms with Gasteiger partial charge in [-0.25, -0.2) is 0 Å². The minimum atomic E-state index is -0.885. The molecule has 34 heavy (non-hydrogen) atoms. The number of carboxylic acids is 1. The van der Waals surface area contributed by atoms with Gasteiger partial charge in [0, 0.05) is 5.56 Å². The number of carboxylic acid groups (broad SMARTS) is 1. The molecule has 0 aliphatic heterocycles. The number of benzene rings is 2. The number of aliphatic carboxylic acids is 1. The number of pyridine rings is 1. The van der Waals surface area contributed by atoms with E-state index in [1.54, 1.807) is 24.3 Å². The molecular weight excluding hydrogens is 432 g/mol. The molecule has 176 valence electrons. The first-order valence-electron chi connectivity index (χ1n) is 11.3. The average Bonchev–Trinajstić information content (AvgIpc) is 2.85. The highest BCUT2D eigenvalue weighted by molar-refractivity contribution is 5.86. The third-order valence-corrected chi connectivity index (χ3v) is 6.72. The number of nitrogens with zero attached hydrogens (tertiary/aromatic N) is 1. The molecule has 1 amide bonds. The minimum absolute atomic E-state index is 0.0388. The fraction of sp³-hybridized carbons (Fsp3) is 0.296. The Bertz CT molecular complexity index is 1220. The third kappa shape index (κ3) is 4.33. The fourth-order valence-corrected chi connectivity index (χ4v) is 4.89. The summed E-state index contributed by atoms with van der Waals surface area (Å²) < 4.78 is 5.17. The standard InChI is InChI=1S/C27H28N2O5/c1-34-23-16-18(11-12-22(23)30)24(25(28)31)21-10-6-9-20(29-21)17-7-5-8-19(15-17)27(26(32)33)13-3-2-4-14-27/h5-12,15-16,24,30H,2-4,13-14H2,1H3,(H2,28,31)(H,32,33). The van der Waals surface area contributed by atoms with Gasteiger partial charge in [-0.3, -0.25) is 14.6 Å². The summed E-state index contributed by atoms with van der Waals surface area (Å²) in [6.45, 7) is 0. The molecule has 1 unspecified atom stereocenters. The fourth-order valence-electron chi connectivity index (χ4n) is 4.89. The van der Waals surface area contributed by atoms with Gasteiger partial charge in [-0.2, -0.15) is 0 Å². The van der Waals surface area contributed by atoms with Gasteiger partial charge in [-0.1, -0.05) is 49.6 Å². The lowest BCUT2D eigenvalue weighted by Gasteiger charge is -2.33. The molecule has 1 aliphatic carbocycles. The molecule has 2 aromatic carbocycles. The second kappa shape index (κ2) is 9.55. The lowest BCUT2D eigenvalue weighted by molar-refractivity contribution is -0.145. The lowest BCUT2D eigenvalue weighted by atomic mass is 9.69. The van der Waals surface area contributed by atoms with Gasteiger partial charge in [-0.05, 0) is 54.3 Å². The summed E-state index contributed by atoms with van der Waals surface area (Å²) in [5.74, 6) is -2.03. The monoisotopic (exact) mass is 460 g/mol. The van der Waals surface area contributed by atoms with Crippen molar-refractivity contribution in [2.24, 2.45) is 5.73 Å². The highest BCUT2D eigenvalue weighted by atomic mass is 16.5. The number of hydrogen-bond acceptors (Lipinski definition) is 5. The highest BCUT2D eigenvalue weighted by Gasteiger charge is 2.41. The van der Waals surface area contributed by atoms with Crippen LogP contribution in [0.4, 0.5) is 0 Å². The summed E-state index contributed by atoms with van der Waals surface area (Å²) >= 11 is 0. The van der Waals surface area contributed by atoms with Crippen molar-refractivity contribution < 1.29 is 24.5 Å². The number of carbonyl (C=O) groups excluding carboxylic acids is 1. The summed E-state index contributed by atoms with van der Waals surface area (Å²) in [6, 6.07) is 17.5. The lowest BCUT2D eigenvalue weighted by Crippen LogP contribution is -2.37. The Balaban J connectivity index is 1.74. The zero-order valence-electron chi connectivity index (χ0n) is 19.0. The van der Waals surface area contributed by atoms with E-state index < -0.39 is 23.2 Å². The maximum atomic E-state index is 12.4. The van der Waals surface area contributed by atoms with Crippen LogP contribution in [0, 0.1) is 0 Å². The Morgan fingerprint density at radius 3 is 2.44 bits per heavy atom. The summed E-state index contributed by atoms with van der Waals surface area (Å²) in [5, 5.41) is 20.0. The molecule has 0 spiro atoms. The van der Waals surface area contributed by atoms with E-state index in [4.69, 9.17) is 15.5 Å². The maximum Gasteiger partial charge on any atom is 0.314 e. The topological polar surface area (TPSA) is 123 Å². The molecular formula is C27H28N2O5. The quantitative estimate of drug-likeness (QED) is 0.481. The van der Waals surface area contributed by atoms with Crippen LogP contribution in [0.1, 0.15) is 54.8 Å². The number of nitrogens with two attached hydrogens (primary N) is 1. The van der Waals surface area contributed by atoms with Crippen molar-refractivity contribution in [1.82, 2.24) is 4.98 Å². The number of aromatic hydroxyl groups is 1. The van der Waals surface area contributed by atoms with Gasteiger partial charge in [-0.15, -0.1) is 0 Å². The number of phenolic OH excluding ortho intramolecular Hbond substituents is 1. The second-order valence-electron chi connectivity index (χ2n) is 8.74. The Hall–Kier alpha value is -3.87. The molecule has 1 atom stereocenters. The van der Waals surface area contributed by atoms with Gasteiger partial charge < -0.3 is 20.7 Å². The molecule has 1 saturated carbocycles. The van der Waals surface area contributed by atoms with E-state index in [2.05, 4.69) is 0 Å². The maximum absolute atomic E-state index is 12.4. The van der Waals surface area contributed by atoms with Crippen molar-refractivity contribution in [2.45, 2.75) is 43.4 Å². The first-order chi connectivity index (χ1) is 16.4. The van der Waals surface area contributed by atoms with Crippen molar-refractivity contribution in [1.29, 1.82) is 0 Å². The highest BCUT2D eigenvalue weighted by Crippen LogP contribution is 2.41. The smallest absolute Gasteiger partial charge is 0.314 e. The molecule has 0 bridgehead atoms. The molecule has 3 aromatic rings. The molecule has 4 rings (SSSR count). The van der Waals surface area contributed by atoms with Crippen LogP contribution in [-0.4, -0.2) is 34.2 Å². The Morgan fingerprint density at radius 2 is 1.76 bits per heavy atom. The van der Waals surface area contributed by atoms with Crippen LogP contribution in [-0.2, 0) is 15.0 Å². The van der Waals surface area contributed by atoms with Gasteiger partial charge in [0.05, 0.1) is 23.9 Å². The summed E-state index contributed by atoms with van der Waals surface area (Å²) in [5.41, 5.74) is 8.03. The molecule has 1 aromatic heterocycles. The number of hydrogen-bond donors (Lipinski definition) is 3. The van der Waals surface area contributed by atoms with E-state index in [1.807, 2.05) is 30.3 Å². The van der Waals surface area contributed by atoms with Crippen LogP contribution in [0.2, 0.25) is 0 Å². The number of methoxy groups -OCH3 is 1. The van der Waals surface area contributed by atoms with E-state index >= 15 is 0 Å². The zero-order chi connectivity index (χ0) is 24.3. The van der Waals surface area contributed by atoms with E-state index in [0.29, 0.717) is 29.8 Å². The first-order valence-corrected chi connectivity index (χ1v) is 11.3. The van der Waals surface area contributed by atoms with Crippen molar-refractivity contribution in [3.8, 4) is 22.8 Å². The summed E-state index contributed by atoms with van der Waals surface area (Å²) in [7, 11) is 1.43. The van der Waals surface area contributed by atoms with Gasteiger partial charge >= 0.3 is 5.97 Å². The van der Waals surface area contributed by atoms with Gasteiger partial charge in [0.2, 0.25) is 5.91 Å². The van der Waals surface area contributed by atoms with E-state index in [1.165, 1.54) is 13.2 Å². The van der Waals surface area contributed by atoms with E-state index in [0.717, 1.165) is 30.4 Å². The molecule has 7 heteroatoms. The van der Waals surface area contributed by atoms with Gasteiger partial charge in [0.1, 0.15) is 5.92 Å². The predicted octanol–water partition coefficient (Wildman–Crippen LogP) is 4.37. The van der Waals surface area contributed by atoms with E-state index in [9.17, 15) is 19.8 Å². The minimum Gasteiger partial charge on any atom is -0.504 e. The van der Waals surface area contributed by atoms with Crippen molar-refractivity contribution in [3.63, 3.8) is 0 Å². The van der Waals surface area contributed by atoms with Crippen molar-refractivity contribution in [2.75, 3.05) is 7.11 Å². The predicted molar refractivity (Wildman–Crippen MR) is 128 cm³/mol. The number of ether oxygens (including phenoxy) is 1. The van der Waals surface area contributed by atoms with Crippen LogP contribution in [0.5, 0.6) is 11.5 Å². The molecule has 0 radical (unpaired) electrons. The summed E-state index contributed by atoms with van der Waals surface area (Å²) in [4.78, 5) is 29.4. The molecule has 1 heterocycles. The van der Waals surface area contributed by atoms with E-state index in [-0.39, 0.29) is 11.5 Å². The summed E-state index contributed by atoms with van der Waals surface area (Å²) in [6.07, 6.45) is 4.06. The van der Waals surface area contributed by atoms with Crippen LogP contribution < -0.4 is 10.5 Å². The van der Waals surface area contributed by atoms with Crippen LogP contribution in [0.25, 0.3) is 11.3 Å².